The lowest BCUT2D eigenvalue weighted by molar-refractivity contribution is 0.314. The number of rotatable bonds is 7. The molecule has 1 N–H and O–H groups in total. The summed E-state index contributed by atoms with van der Waals surface area (Å²) in [5, 5.41) is 3.40. The van der Waals surface area contributed by atoms with E-state index in [1.807, 2.05) is 18.3 Å². The topological polar surface area (TPSA) is 28.2 Å². The standard InChI is InChI=1S/C17H23N3/c1-3-18-12-15-8-4-5-9-16(15)13-20(2)14-17-10-6-7-11-19-17/h4-11,18H,3,12-14H2,1-2H3. The molecule has 0 radical (unpaired) electrons. The molecule has 0 unspecified atom stereocenters. The highest BCUT2D eigenvalue weighted by Crippen LogP contribution is 2.12. The molecule has 2 aromatic rings. The van der Waals surface area contributed by atoms with Crippen molar-refractivity contribution >= 4 is 0 Å². The van der Waals surface area contributed by atoms with Crippen LogP contribution in [-0.4, -0.2) is 23.5 Å². The average molecular weight is 269 g/mol. The monoisotopic (exact) mass is 269 g/mol. The Morgan fingerprint density at radius 1 is 1.00 bits per heavy atom. The molecule has 3 nitrogen and oxygen atoms in total. The summed E-state index contributed by atoms with van der Waals surface area (Å²) in [4.78, 5) is 6.68. The van der Waals surface area contributed by atoms with E-state index in [2.05, 4.69) is 59.5 Å². The third-order valence-corrected chi connectivity index (χ3v) is 3.28. The van der Waals surface area contributed by atoms with Gasteiger partial charge < -0.3 is 5.32 Å². The van der Waals surface area contributed by atoms with Crippen molar-refractivity contribution in [3.8, 4) is 0 Å². The third kappa shape index (κ3) is 4.44. The molecular weight excluding hydrogens is 246 g/mol. The van der Waals surface area contributed by atoms with Crippen LogP contribution in [0.15, 0.2) is 48.7 Å². The first-order chi connectivity index (χ1) is 9.79. The van der Waals surface area contributed by atoms with E-state index >= 15 is 0 Å². The van der Waals surface area contributed by atoms with Gasteiger partial charge in [-0.3, -0.25) is 9.88 Å². The number of nitrogens with zero attached hydrogens (tertiary/aromatic N) is 2. The van der Waals surface area contributed by atoms with Gasteiger partial charge in [0.05, 0.1) is 5.69 Å². The molecule has 1 heterocycles. The quantitative estimate of drug-likeness (QED) is 0.838. The van der Waals surface area contributed by atoms with E-state index in [9.17, 15) is 0 Å². The maximum Gasteiger partial charge on any atom is 0.0543 e. The predicted octanol–water partition coefficient (Wildman–Crippen LogP) is 2.82. The lowest BCUT2D eigenvalue weighted by atomic mass is 10.1. The van der Waals surface area contributed by atoms with Crippen LogP contribution in [0.1, 0.15) is 23.7 Å². The van der Waals surface area contributed by atoms with Crippen molar-refractivity contribution in [1.29, 1.82) is 0 Å². The van der Waals surface area contributed by atoms with E-state index in [0.717, 1.165) is 31.9 Å². The molecular formula is C17H23N3. The largest absolute Gasteiger partial charge is 0.313 e. The van der Waals surface area contributed by atoms with Gasteiger partial charge in [0, 0.05) is 25.8 Å². The highest BCUT2D eigenvalue weighted by atomic mass is 15.1. The fraction of sp³-hybridized carbons (Fsp3) is 0.353. The molecule has 20 heavy (non-hydrogen) atoms. The third-order valence-electron chi connectivity index (χ3n) is 3.28. The summed E-state index contributed by atoms with van der Waals surface area (Å²) in [7, 11) is 2.14. The highest BCUT2D eigenvalue weighted by molar-refractivity contribution is 5.27. The van der Waals surface area contributed by atoms with Crippen LogP contribution in [0.4, 0.5) is 0 Å². The number of nitrogens with one attached hydrogen (secondary N) is 1. The fourth-order valence-corrected chi connectivity index (χ4v) is 2.26. The Morgan fingerprint density at radius 2 is 1.75 bits per heavy atom. The first kappa shape index (κ1) is 14.7. The number of hydrogen-bond donors (Lipinski definition) is 1. The molecule has 106 valence electrons. The van der Waals surface area contributed by atoms with Gasteiger partial charge in [-0.05, 0) is 36.9 Å². The van der Waals surface area contributed by atoms with Crippen LogP contribution in [0.2, 0.25) is 0 Å². The molecule has 3 heteroatoms. The summed E-state index contributed by atoms with van der Waals surface area (Å²) in [6, 6.07) is 14.7. The van der Waals surface area contributed by atoms with E-state index in [-0.39, 0.29) is 0 Å². The van der Waals surface area contributed by atoms with Crippen LogP contribution >= 0.6 is 0 Å². The zero-order valence-corrected chi connectivity index (χ0v) is 12.3. The summed E-state index contributed by atoms with van der Waals surface area (Å²) in [6.07, 6.45) is 1.85. The Morgan fingerprint density at radius 3 is 2.45 bits per heavy atom. The van der Waals surface area contributed by atoms with Gasteiger partial charge in [-0.25, -0.2) is 0 Å². The lowest BCUT2D eigenvalue weighted by Gasteiger charge is -2.18. The van der Waals surface area contributed by atoms with Crippen LogP contribution in [0.3, 0.4) is 0 Å². The number of benzene rings is 1. The Labute approximate surface area is 121 Å². The maximum absolute atomic E-state index is 4.38. The van der Waals surface area contributed by atoms with Gasteiger partial charge in [0.25, 0.3) is 0 Å². The normalized spacial score (nSPS) is 10.9. The molecule has 0 amide bonds. The smallest absolute Gasteiger partial charge is 0.0543 e. The zero-order chi connectivity index (χ0) is 14.2. The summed E-state index contributed by atoms with van der Waals surface area (Å²) in [5.41, 5.74) is 3.87. The molecule has 0 bridgehead atoms. The van der Waals surface area contributed by atoms with Crippen LogP contribution in [0.25, 0.3) is 0 Å². The van der Waals surface area contributed by atoms with Crippen molar-refractivity contribution in [3.63, 3.8) is 0 Å². The number of hydrogen-bond acceptors (Lipinski definition) is 3. The molecule has 1 aromatic heterocycles. The second-order valence-electron chi connectivity index (χ2n) is 5.04. The summed E-state index contributed by atoms with van der Waals surface area (Å²) in [5.74, 6) is 0. The van der Waals surface area contributed by atoms with Gasteiger partial charge in [0.15, 0.2) is 0 Å². The minimum absolute atomic E-state index is 0.871. The van der Waals surface area contributed by atoms with Gasteiger partial charge in [-0.2, -0.15) is 0 Å². The van der Waals surface area contributed by atoms with E-state index in [1.54, 1.807) is 0 Å². The van der Waals surface area contributed by atoms with Crippen molar-refractivity contribution in [1.82, 2.24) is 15.2 Å². The van der Waals surface area contributed by atoms with Gasteiger partial charge in [0.1, 0.15) is 0 Å². The first-order valence-electron chi connectivity index (χ1n) is 7.15. The Bertz CT molecular complexity index is 511. The van der Waals surface area contributed by atoms with Gasteiger partial charge in [0.2, 0.25) is 0 Å². The average Bonchev–Trinajstić information content (AvgIpc) is 2.47. The summed E-state index contributed by atoms with van der Waals surface area (Å²) >= 11 is 0. The number of aromatic nitrogens is 1. The Kier molecular flexibility index (Phi) is 5.71. The molecule has 0 fully saturated rings. The van der Waals surface area contributed by atoms with Crippen molar-refractivity contribution in [2.75, 3.05) is 13.6 Å². The second-order valence-corrected chi connectivity index (χ2v) is 5.04. The molecule has 0 saturated carbocycles. The predicted molar refractivity (Wildman–Crippen MR) is 83.2 cm³/mol. The van der Waals surface area contributed by atoms with Crippen LogP contribution in [0.5, 0.6) is 0 Å². The molecule has 2 rings (SSSR count). The molecule has 0 aliphatic rings. The first-order valence-corrected chi connectivity index (χ1v) is 7.15. The van der Waals surface area contributed by atoms with E-state index < -0.39 is 0 Å². The summed E-state index contributed by atoms with van der Waals surface area (Å²) < 4.78 is 0. The van der Waals surface area contributed by atoms with E-state index in [0.29, 0.717) is 0 Å². The van der Waals surface area contributed by atoms with Crippen molar-refractivity contribution in [2.45, 2.75) is 26.6 Å². The van der Waals surface area contributed by atoms with Crippen LogP contribution in [-0.2, 0) is 19.6 Å². The number of pyridine rings is 1. The van der Waals surface area contributed by atoms with Gasteiger partial charge >= 0.3 is 0 Å². The molecule has 1 aromatic carbocycles. The lowest BCUT2D eigenvalue weighted by Crippen LogP contribution is -2.20. The van der Waals surface area contributed by atoms with Crippen molar-refractivity contribution in [2.24, 2.45) is 0 Å². The van der Waals surface area contributed by atoms with Crippen LogP contribution in [0, 0.1) is 0 Å². The molecule has 0 spiro atoms. The van der Waals surface area contributed by atoms with Crippen LogP contribution < -0.4 is 5.32 Å². The fourth-order valence-electron chi connectivity index (χ4n) is 2.26. The minimum Gasteiger partial charge on any atom is -0.313 e. The molecule has 0 aliphatic heterocycles. The molecule has 0 aliphatic carbocycles. The van der Waals surface area contributed by atoms with Crippen molar-refractivity contribution in [3.05, 3.63) is 65.5 Å². The van der Waals surface area contributed by atoms with Crippen molar-refractivity contribution < 1.29 is 0 Å². The van der Waals surface area contributed by atoms with Gasteiger partial charge in [-0.1, -0.05) is 37.3 Å². The summed E-state index contributed by atoms with van der Waals surface area (Å²) in [6.45, 7) is 5.88. The minimum atomic E-state index is 0.871. The Balaban J connectivity index is 1.98. The van der Waals surface area contributed by atoms with Gasteiger partial charge in [-0.15, -0.1) is 0 Å². The molecule has 0 atom stereocenters. The molecule has 0 saturated heterocycles. The van der Waals surface area contributed by atoms with E-state index in [1.165, 1.54) is 11.1 Å². The SMILES string of the molecule is CCNCc1ccccc1CN(C)Cc1ccccn1. The second kappa shape index (κ2) is 7.78. The maximum atomic E-state index is 4.38. The highest BCUT2D eigenvalue weighted by Gasteiger charge is 2.06. The Hall–Kier alpha value is -1.71. The van der Waals surface area contributed by atoms with E-state index in [4.69, 9.17) is 0 Å². The zero-order valence-electron chi connectivity index (χ0n) is 12.3.